The molecule has 210 valence electrons. The lowest BCUT2D eigenvalue weighted by molar-refractivity contribution is 0.795. The molecule has 5 aromatic carbocycles. The Labute approximate surface area is 245 Å². The maximum Gasteiger partial charge on any atom is -0.0279 e. The van der Waals surface area contributed by atoms with Gasteiger partial charge in [0, 0.05) is 0 Å². The summed E-state index contributed by atoms with van der Waals surface area (Å²) >= 11 is 0. The zero-order chi connectivity index (χ0) is 28.9. The molecule has 5 aromatic rings. The van der Waals surface area contributed by atoms with Gasteiger partial charge in [-0.15, -0.1) is 0 Å². The predicted octanol–water partition coefficient (Wildman–Crippen LogP) is 11.6. The van der Waals surface area contributed by atoms with Crippen molar-refractivity contribution in [3.05, 3.63) is 180 Å². The summed E-state index contributed by atoms with van der Waals surface area (Å²) < 4.78 is 0. The lowest BCUT2D eigenvalue weighted by atomic mass is 10.1. The molecule has 0 bridgehead atoms. The molecule has 0 aliphatic carbocycles. The van der Waals surface area contributed by atoms with Gasteiger partial charge in [0.15, 0.2) is 0 Å². The van der Waals surface area contributed by atoms with Crippen molar-refractivity contribution in [3.63, 3.8) is 0 Å². The third kappa shape index (κ3) is 20.1. The molecule has 0 amide bonds. The number of hydrogen-bond donors (Lipinski definition) is 0. The smallest absolute Gasteiger partial charge is 0.0279 e. The first-order valence-electron chi connectivity index (χ1n) is 14.8. The Morgan fingerprint density at radius 2 is 0.675 bits per heavy atom. The highest BCUT2D eigenvalue weighted by Gasteiger charge is 1.87. The molecule has 0 N–H and O–H groups in total. The van der Waals surface area contributed by atoms with Crippen molar-refractivity contribution in [1.82, 2.24) is 0 Å². The fourth-order valence-corrected chi connectivity index (χ4v) is 3.59. The summed E-state index contributed by atoms with van der Waals surface area (Å²) in [7, 11) is 0. The zero-order valence-corrected chi connectivity index (χ0v) is 25.3. The van der Waals surface area contributed by atoms with Crippen LogP contribution >= 0.6 is 0 Å². The van der Waals surface area contributed by atoms with Gasteiger partial charge in [0.05, 0.1) is 0 Å². The van der Waals surface area contributed by atoms with Gasteiger partial charge < -0.3 is 0 Å². The second-order valence-corrected chi connectivity index (χ2v) is 9.47. The molecular formula is C40H50. The van der Waals surface area contributed by atoms with Crippen LogP contribution < -0.4 is 0 Å². The second kappa shape index (κ2) is 25.4. The molecule has 0 heterocycles. The molecule has 0 unspecified atom stereocenters. The summed E-state index contributed by atoms with van der Waals surface area (Å²) in [5.41, 5.74) is 5.64. The maximum absolute atomic E-state index is 2.23. The van der Waals surface area contributed by atoms with Crippen molar-refractivity contribution < 1.29 is 0 Å². The Bertz CT molecular complexity index is 1110. The minimum atomic E-state index is 1.14. The van der Waals surface area contributed by atoms with Crippen molar-refractivity contribution in [2.75, 3.05) is 0 Å². The van der Waals surface area contributed by atoms with Gasteiger partial charge in [-0.1, -0.05) is 197 Å². The van der Waals surface area contributed by atoms with E-state index in [0.717, 1.165) is 6.42 Å². The van der Waals surface area contributed by atoms with Gasteiger partial charge >= 0.3 is 0 Å². The van der Waals surface area contributed by atoms with Gasteiger partial charge in [-0.2, -0.15) is 0 Å². The quantitative estimate of drug-likeness (QED) is 0.205. The van der Waals surface area contributed by atoms with Crippen LogP contribution in [0.3, 0.4) is 0 Å². The molecular weight excluding hydrogens is 480 g/mol. The van der Waals surface area contributed by atoms with Crippen LogP contribution in [0.5, 0.6) is 0 Å². The SMILES string of the molecule is CCCCc1ccccc1.CCCc1ccccc1.CCc1ccccc1.Cc1ccccc1.c1ccccc1. The Kier molecular flexibility index (Phi) is 21.7. The summed E-state index contributed by atoms with van der Waals surface area (Å²) in [6.45, 7) is 8.67. The maximum atomic E-state index is 2.23. The molecule has 0 nitrogen and oxygen atoms in total. The number of aryl methyl sites for hydroxylation is 4. The normalized spacial score (nSPS) is 9.10. The first kappa shape index (κ1) is 34.1. The van der Waals surface area contributed by atoms with Crippen LogP contribution in [0.4, 0.5) is 0 Å². The van der Waals surface area contributed by atoms with Crippen molar-refractivity contribution in [1.29, 1.82) is 0 Å². The van der Waals surface area contributed by atoms with E-state index in [1.165, 1.54) is 54.4 Å². The van der Waals surface area contributed by atoms with E-state index in [1.807, 2.05) is 60.7 Å². The molecule has 0 aromatic heterocycles. The second-order valence-electron chi connectivity index (χ2n) is 9.47. The van der Waals surface area contributed by atoms with Gasteiger partial charge in [-0.3, -0.25) is 0 Å². The molecule has 0 aliphatic rings. The average Bonchev–Trinajstić information content (AvgIpc) is 3.04. The van der Waals surface area contributed by atoms with E-state index in [0.29, 0.717) is 0 Å². The molecule has 40 heavy (non-hydrogen) atoms. The van der Waals surface area contributed by atoms with Crippen LogP contribution in [0.25, 0.3) is 0 Å². The van der Waals surface area contributed by atoms with E-state index in [1.54, 1.807) is 0 Å². The highest BCUT2D eigenvalue weighted by molar-refractivity contribution is 5.16. The van der Waals surface area contributed by atoms with Gasteiger partial charge in [-0.25, -0.2) is 0 Å². The fraction of sp³-hybridized carbons (Fsp3) is 0.250. The monoisotopic (exact) mass is 530 g/mol. The van der Waals surface area contributed by atoms with E-state index in [-0.39, 0.29) is 0 Å². The van der Waals surface area contributed by atoms with Crippen molar-refractivity contribution in [2.24, 2.45) is 0 Å². The largest absolute Gasteiger partial charge is 0.0654 e. The van der Waals surface area contributed by atoms with E-state index in [2.05, 4.69) is 125 Å². The minimum Gasteiger partial charge on any atom is -0.0654 e. The molecule has 0 aliphatic heterocycles. The third-order valence-electron chi connectivity index (χ3n) is 5.90. The topological polar surface area (TPSA) is 0 Å². The summed E-state index contributed by atoms with van der Waals surface area (Å²) in [6.07, 6.45) is 7.42. The minimum absolute atomic E-state index is 1.14. The number of rotatable bonds is 6. The first-order valence-corrected chi connectivity index (χ1v) is 14.8. The zero-order valence-electron chi connectivity index (χ0n) is 25.3. The summed E-state index contributed by atoms with van der Waals surface area (Å²) in [5.74, 6) is 0. The lowest BCUT2D eigenvalue weighted by Crippen LogP contribution is -1.81. The molecule has 0 fully saturated rings. The first-order chi connectivity index (χ1) is 19.7. The average molecular weight is 531 g/mol. The third-order valence-corrected chi connectivity index (χ3v) is 5.90. The lowest BCUT2D eigenvalue weighted by Gasteiger charge is -1.96. The van der Waals surface area contributed by atoms with Crippen molar-refractivity contribution in [2.45, 2.75) is 66.2 Å². The summed E-state index contributed by atoms with van der Waals surface area (Å²) in [6, 6.07) is 53.9. The van der Waals surface area contributed by atoms with Crippen LogP contribution in [0.15, 0.2) is 158 Å². The highest BCUT2D eigenvalue weighted by Crippen LogP contribution is 2.03. The van der Waals surface area contributed by atoms with E-state index < -0.39 is 0 Å². The molecule has 5 rings (SSSR count). The summed E-state index contributed by atoms with van der Waals surface area (Å²) in [5, 5.41) is 0. The fourth-order valence-electron chi connectivity index (χ4n) is 3.59. The predicted molar refractivity (Wildman–Crippen MR) is 179 cm³/mol. The number of hydrogen-bond acceptors (Lipinski definition) is 0. The Morgan fingerprint density at radius 1 is 0.350 bits per heavy atom. The molecule has 0 radical (unpaired) electrons. The van der Waals surface area contributed by atoms with Crippen LogP contribution in [-0.2, 0) is 19.3 Å². The Morgan fingerprint density at radius 3 is 0.950 bits per heavy atom. The molecule has 0 saturated carbocycles. The van der Waals surface area contributed by atoms with Gasteiger partial charge in [0.1, 0.15) is 0 Å². The Balaban J connectivity index is 0.000000252. The van der Waals surface area contributed by atoms with Crippen LogP contribution in [0, 0.1) is 6.92 Å². The summed E-state index contributed by atoms with van der Waals surface area (Å²) in [4.78, 5) is 0. The van der Waals surface area contributed by atoms with Crippen LogP contribution in [0.2, 0.25) is 0 Å². The molecule has 0 spiro atoms. The van der Waals surface area contributed by atoms with Crippen molar-refractivity contribution in [3.8, 4) is 0 Å². The standard InChI is InChI=1S/C10H14.C9H12.C8H10.C7H8.C6H6/c1-2-3-7-10-8-5-4-6-9-10;1-2-6-9-7-4-3-5-8-9;1-2-8-6-4-3-5-7-8;1-7-5-3-2-4-6-7;1-2-4-6-5-3-1/h4-6,8-9H,2-3,7H2,1H3;3-5,7-8H,2,6H2,1H3;3-7H,2H2,1H3;2-6H,1H3;1-6H. The van der Waals surface area contributed by atoms with E-state index >= 15 is 0 Å². The molecule has 0 saturated heterocycles. The van der Waals surface area contributed by atoms with E-state index in [9.17, 15) is 0 Å². The number of benzene rings is 5. The molecule has 0 heteroatoms. The van der Waals surface area contributed by atoms with E-state index in [4.69, 9.17) is 0 Å². The van der Waals surface area contributed by atoms with Gasteiger partial charge in [-0.05, 0) is 49.3 Å². The van der Waals surface area contributed by atoms with Gasteiger partial charge in [0.2, 0.25) is 0 Å². The molecule has 0 atom stereocenters. The van der Waals surface area contributed by atoms with Crippen LogP contribution in [-0.4, -0.2) is 0 Å². The Hall–Kier alpha value is -3.90. The van der Waals surface area contributed by atoms with Crippen LogP contribution in [0.1, 0.15) is 62.3 Å². The number of unbranched alkanes of at least 4 members (excludes halogenated alkanes) is 1. The van der Waals surface area contributed by atoms with Crippen molar-refractivity contribution >= 4 is 0 Å². The van der Waals surface area contributed by atoms with Gasteiger partial charge in [0.25, 0.3) is 0 Å². The highest BCUT2D eigenvalue weighted by atomic mass is 13.9.